The minimum absolute atomic E-state index is 0.0173. The second-order valence-electron chi connectivity index (χ2n) is 6.08. The normalized spacial score (nSPS) is 12.5. The van der Waals surface area contributed by atoms with Crippen LogP contribution >= 0.6 is 23.1 Å². The van der Waals surface area contributed by atoms with Gasteiger partial charge in [0.15, 0.2) is 0 Å². The summed E-state index contributed by atoms with van der Waals surface area (Å²) in [6.07, 6.45) is 1.99. The third kappa shape index (κ3) is 3.89. The molecule has 3 aromatic rings. The number of benzene rings is 2. The van der Waals surface area contributed by atoms with Gasteiger partial charge in [-0.15, -0.1) is 23.1 Å². The molecular weight excluding hydrogens is 348 g/mol. The van der Waals surface area contributed by atoms with E-state index in [9.17, 15) is 4.79 Å². The SMILES string of the molecule is CSc1ccccc1C(=O)NCC(c1csc2ccccc12)N(C)C. The number of thiophene rings is 1. The van der Waals surface area contributed by atoms with Gasteiger partial charge in [-0.2, -0.15) is 0 Å². The maximum atomic E-state index is 12.6. The van der Waals surface area contributed by atoms with Crippen LogP contribution in [-0.2, 0) is 0 Å². The summed E-state index contributed by atoms with van der Waals surface area (Å²) in [6, 6.07) is 16.3. The summed E-state index contributed by atoms with van der Waals surface area (Å²) < 4.78 is 1.28. The maximum Gasteiger partial charge on any atom is 0.252 e. The molecule has 1 heterocycles. The quantitative estimate of drug-likeness (QED) is 0.641. The first-order chi connectivity index (χ1) is 12.1. The molecule has 0 aliphatic carbocycles. The van der Waals surface area contributed by atoms with Gasteiger partial charge in [0.25, 0.3) is 5.91 Å². The second-order valence-corrected chi connectivity index (χ2v) is 7.84. The van der Waals surface area contributed by atoms with E-state index >= 15 is 0 Å². The Morgan fingerprint density at radius 1 is 1.16 bits per heavy atom. The zero-order chi connectivity index (χ0) is 17.8. The highest BCUT2D eigenvalue weighted by molar-refractivity contribution is 7.98. The highest BCUT2D eigenvalue weighted by Crippen LogP contribution is 2.32. The van der Waals surface area contributed by atoms with Crippen molar-refractivity contribution in [2.24, 2.45) is 0 Å². The Morgan fingerprint density at radius 3 is 2.64 bits per heavy atom. The van der Waals surface area contributed by atoms with Gasteiger partial charge >= 0.3 is 0 Å². The van der Waals surface area contributed by atoms with Gasteiger partial charge in [-0.1, -0.05) is 30.3 Å². The molecule has 25 heavy (non-hydrogen) atoms. The molecule has 0 bridgehead atoms. The van der Waals surface area contributed by atoms with Crippen molar-refractivity contribution < 1.29 is 4.79 Å². The van der Waals surface area contributed by atoms with Crippen LogP contribution in [0.15, 0.2) is 58.8 Å². The number of thioether (sulfide) groups is 1. The first-order valence-corrected chi connectivity index (χ1v) is 10.3. The molecule has 1 unspecified atom stereocenters. The summed E-state index contributed by atoms with van der Waals surface area (Å²) in [5.41, 5.74) is 2.01. The topological polar surface area (TPSA) is 32.3 Å². The Balaban J connectivity index is 1.80. The third-order valence-electron chi connectivity index (χ3n) is 4.30. The molecule has 3 rings (SSSR count). The van der Waals surface area contributed by atoms with E-state index in [0.717, 1.165) is 10.5 Å². The molecule has 1 amide bonds. The number of amides is 1. The van der Waals surface area contributed by atoms with Crippen molar-refractivity contribution >= 4 is 39.1 Å². The molecule has 0 radical (unpaired) electrons. The van der Waals surface area contributed by atoms with Crippen LogP contribution in [0.5, 0.6) is 0 Å². The molecule has 1 atom stereocenters. The highest BCUT2D eigenvalue weighted by atomic mass is 32.2. The lowest BCUT2D eigenvalue weighted by molar-refractivity contribution is 0.0939. The molecule has 5 heteroatoms. The van der Waals surface area contributed by atoms with Crippen molar-refractivity contribution in [2.75, 3.05) is 26.9 Å². The molecule has 1 N–H and O–H groups in total. The Labute approximate surface area is 157 Å². The molecule has 0 saturated heterocycles. The molecule has 130 valence electrons. The van der Waals surface area contributed by atoms with Gasteiger partial charge in [0.1, 0.15) is 0 Å². The van der Waals surface area contributed by atoms with Crippen molar-refractivity contribution in [3.8, 4) is 0 Å². The fourth-order valence-corrected chi connectivity index (χ4v) is 4.55. The van der Waals surface area contributed by atoms with E-state index in [1.54, 1.807) is 23.1 Å². The molecule has 0 spiro atoms. The number of nitrogens with one attached hydrogen (secondary N) is 1. The van der Waals surface area contributed by atoms with Crippen molar-refractivity contribution in [1.29, 1.82) is 0 Å². The van der Waals surface area contributed by atoms with Crippen LogP contribution in [0, 0.1) is 0 Å². The number of hydrogen-bond acceptors (Lipinski definition) is 4. The second kappa shape index (κ2) is 8.04. The fraction of sp³-hybridized carbons (Fsp3) is 0.250. The van der Waals surface area contributed by atoms with Crippen LogP contribution in [0.25, 0.3) is 10.1 Å². The average Bonchev–Trinajstić information content (AvgIpc) is 3.05. The first kappa shape index (κ1) is 18.0. The summed E-state index contributed by atoms with van der Waals surface area (Å²) in [4.78, 5) is 15.8. The van der Waals surface area contributed by atoms with Crippen LogP contribution < -0.4 is 5.32 Å². The molecular formula is C20H22N2OS2. The van der Waals surface area contributed by atoms with Gasteiger partial charge in [0.05, 0.1) is 11.6 Å². The monoisotopic (exact) mass is 370 g/mol. The van der Waals surface area contributed by atoms with Crippen molar-refractivity contribution in [3.05, 3.63) is 65.0 Å². The molecule has 3 nitrogen and oxygen atoms in total. The lowest BCUT2D eigenvalue weighted by Crippen LogP contribution is -2.34. The summed E-state index contributed by atoms with van der Waals surface area (Å²) >= 11 is 3.35. The zero-order valence-corrected chi connectivity index (χ0v) is 16.3. The minimum atomic E-state index is -0.0173. The molecule has 0 saturated carbocycles. The first-order valence-electron chi connectivity index (χ1n) is 8.15. The lowest BCUT2D eigenvalue weighted by Gasteiger charge is -2.25. The summed E-state index contributed by atoms with van der Waals surface area (Å²) in [5, 5.41) is 6.59. The van der Waals surface area contributed by atoms with Gasteiger partial charge in [-0.3, -0.25) is 4.79 Å². The van der Waals surface area contributed by atoms with Gasteiger partial charge in [-0.25, -0.2) is 0 Å². The van der Waals surface area contributed by atoms with Crippen molar-refractivity contribution in [2.45, 2.75) is 10.9 Å². The summed E-state index contributed by atoms with van der Waals surface area (Å²) in [6.45, 7) is 0.579. The van der Waals surface area contributed by atoms with Gasteiger partial charge in [-0.05, 0) is 54.9 Å². The Bertz CT molecular complexity index is 873. The number of fused-ring (bicyclic) bond motifs is 1. The van der Waals surface area contributed by atoms with E-state index in [1.807, 2.05) is 30.5 Å². The Kier molecular flexibility index (Phi) is 5.78. The highest BCUT2D eigenvalue weighted by Gasteiger charge is 2.20. The largest absolute Gasteiger partial charge is 0.350 e. The van der Waals surface area contributed by atoms with E-state index in [0.29, 0.717) is 6.54 Å². The Hall–Kier alpha value is -1.82. The fourth-order valence-electron chi connectivity index (χ4n) is 2.94. The zero-order valence-electron chi connectivity index (χ0n) is 14.7. The van der Waals surface area contributed by atoms with E-state index in [1.165, 1.54) is 15.6 Å². The van der Waals surface area contributed by atoms with Crippen LogP contribution in [0.4, 0.5) is 0 Å². The van der Waals surface area contributed by atoms with Crippen LogP contribution in [0.2, 0.25) is 0 Å². The molecule has 0 fully saturated rings. The van der Waals surface area contributed by atoms with Gasteiger partial charge in [0.2, 0.25) is 0 Å². The van der Waals surface area contributed by atoms with E-state index < -0.39 is 0 Å². The minimum Gasteiger partial charge on any atom is -0.350 e. The van der Waals surface area contributed by atoms with E-state index in [2.05, 4.69) is 54.0 Å². The number of carbonyl (C=O) groups excluding carboxylic acids is 1. The number of nitrogens with zero attached hydrogens (tertiary/aromatic N) is 1. The predicted molar refractivity (Wildman–Crippen MR) is 109 cm³/mol. The molecule has 1 aromatic heterocycles. The van der Waals surface area contributed by atoms with E-state index in [-0.39, 0.29) is 11.9 Å². The predicted octanol–water partition coefficient (Wildman–Crippen LogP) is 4.66. The third-order valence-corrected chi connectivity index (χ3v) is 6.08. The molecule has 0 aliphatic heterocycles. The van der Waals surface area contributed by atoms with Crippen molar-refractivity contribution in [3.63, 3.8) is 0 Å². The summed E-state index contributed by atoms with van der Waals surface area (Å²) in [7, 11) is 4.11. The van der Waals surface area contributed by atoms with Gasteiger partial charge < -0.3 is 10.2 Å². The number of carbonyl (C=O) groups is 1. The molecule has 2 aromatic carbocycles. The summed E-state index contributed by atoms with van der Waals surface area (Å²) in [5.74, 6) is -0.0173. The maximum absolute atomic E-state index is 12.6. The Morgan fingerprint density at radius 2 is 1.88 bits per heavy atom. The van der Waals surface area contributed by atoms with Crippen LogP contribution in [0.3, 0.4) is 0 Å². The average molecular weight is 371 g/mol. The smallest absolute Gasteiger partial charge is 0.252 e. The van der Waals surface area contributed by atoms with Crippen molar-refractivity contribution in [1.82, 2.24) is 10.2 Å². The van der Waals surface area contributed by atoms with Gasteiger partial charge in [0, 0.05) is 16.1 Å². The van der Waals surface area contributed by atoms with Crippen LogP contribution in [0.1, 0.15) is 22.0 Å². The number of likely N-dealkylation sites (N-methyl/N-ethyl adjacent to an activating group) is 1. The van der Waals surface area contributed by atoms with Crippen LogP contribution in [-0.4, -0.2) is 37.7 Å². The number of hydrogen-bond donors (Lipinski definition) is 1. The molecule has 0 aliphatic rings. The number of rotatable bonds is 6. The van der Waals surface area contributed by atoms with E-state index in [4.69, 9.17) is 0 Å². The lowest BCUT2D eigenvalue weighted by atomic mass is 10.0. The standard InChI is InChI=1S/C20H22N2OS2/c1-22(2)17(16-13-25-19-11-7-4-8-14(16)19)12-21-20(23)15-9-5-6-10-18(15)24-3/h4-11,13,17H,12H2,1-3H3,(H,21,23).